The van der Waals surface area contributed by atoms with Crippen molar-refractivity contribution < 1.29 is 26.4 Å². The average Bonchev–Trinajstić information content (AvgIpc) is 2.52. The van der Waals surface area contributed by atoms with Crippen molar-refractivity contribution in [3.63, 3.8) is 0 Å². The van der Waals surface area contributed by atoms with Gasteiger partial charge < -0.3 is 11.5 Å². The van der Waals surface area contributed by atoms with Crippen LogP contribution in [-0.2, 0) is 16.0 Å². The summed E-state index contributed by atoms with van der Waals surface area (Å²) < 4.78 is 66.2. The van der Waals surface area contributed by atoms with Crippen LogP contribution in [0.3, 0.4) is 0 Å². The van der Waals surface area contributed by atoms with E-state index in [1.807, 2.05) is 0 Å². The van der Waals surface area contributed by atoms with Gasteiger partial charge in [0.1, 0.15) is 0 Å². The number of hydrogen-bond donors (Lipinski definition) is 2. The minimum Gasteiger partial charge on any atom is -0.370 e. The van der Waals surface area contributed by atoms with Gasteiger partial charge in [-0.25, -0.2) is 8.42 Å². The summed E-state index contributed by atoms with van der Waals surface area (Å²) >= 11 is 5.84. The molecule has 0 atom stereocenters. The van der Waals surface area contributed by atoms with Crippen molar-refractivity contribution >= 4 is 33.3 Å². The van der Waals surface area contributed by atoms with Crippen LogP contribution in [0.2, 0.25) is 5.02 Å². The first-order valence-corrected chi connectivity index (χ1v) is 9.07. The highest BCUT2D eigenvalue weighted by molar-refractivity contribution is 7.91. The molecule has 2 rings (SSSR count). The molecule has 2 aromatic carbocycles. The molecule has 0 spiro atoms. The standard InChI is InChI=1S/C16H13ClF3N3O3S/c1-8-6-13(27(25,26)12-5-3-2-4-11(12)17)10(16(18,19)20)7-9(8)14(24)23-15(21)22/h2-7H,1H3,(H4,21,22,23,24). The third-order valence-corrected chi connectivity index (χ3v) is 5.80. The summed E-state index contributed by atoms with van der Waals surface area (Å²) in [6.45, 7) is 1.27. The first-order valence-electron chi connectivity index (χ1n) is 7.21. The second-order valence-electron chi connectivity index (χ2n) is 5.44. The zero-order chi connectivity index (χ0) is 20.6. The zero-order valence-electron chi connectivity index (χ0n) is 13.7. The van der Waals surface area contributed by atoms with Gasteiger partial charge in [-0.1, -0.05) is 23.7 Å². The van der Waals surface area contributed by atoms with Crippen LogP contribution in [0.15, 0.2) is 51.2 Å². The van der Waals surface area contributed by atoms with Crippen molar-refractivity contribution in [2.75, 3.05) is 0 Å². The number of halogens is 4. The van der Waals surface area contributed by atoms with Gasteiger partial charge in [-0.05, 0) is 36.8 Å². The summed E-state index contributed by atoms with van der Waals surface area (Å²) in [6, 6.07) is 6.26. The average molecular weight is 420 g/mol. The lowest BCUT2D eigenvalue weighted by molar-refractivity contribution is -0.139. The molecule has 0 aromatic heterocycles. The molecule has 27 heavy (non-hydrogen) atoms. The Kier molecular flexibility index (Phi) is 5.52. The van der Waals surface area contributed by atoms with Gasteiger partial charge >= 0.3 is 6.18 Å². The molecule has 0 fully saturated rings. The molecule has 0 aliphatic heterocycles. The van der Waals surface area contributed by atoms with Gasteiger partial charge in [-0.2, -0.15) is 18.2 Å². The van der Waals surface area contributed by atoms with Crippen LogP contribution >= 0.6 is 11.6 Å². The van der Waals surface area contributed by atoms with Gasteiger partial charge in [0.15, 0.2) is 5.96 Å². The van der Waals surface area contributed by atoms with Gasteiger partial charge in [0, 0.05) is 5.56 Å². The zero-order valence-corrected chi connectivity index (χ0v) is 15.3. The number of benzene rings is 2. The number of nitrogens with zero attached hydrogens (tertiary/aromatic N) is 1. The highest BCUT2D eigenvalue weighted by atomic mass is 35.5. The van der Waals surface area contributed by atoms with Crippen molar-refractivity contribution in [1.29, 1.82) is 0 Å². The molecule has 0 saturated heterocycles. The highest BCUT2D eigenvalue weighted by Crippen LogP contribution is 2.39. The Morgan fingerprint density at radius 2 is 1.70 bits per heavy atom. The van der Waals surface area contributed by atoms with E-state index in [1.165, 1.54) is 25.1 Å². The lowest BCUT2D eigenvalue weighted by Gasteiger charge is -2.16. The molecule has 0 heterocycles. The van der Waals surface area contributed by atoms with Gasteiger partial charge in [0.25, 0.3) is 5.91 Å². The van der Waals surface area contributed by atoms with Crippen LogP contribution in [0.4, 0.5) is 13.2 Å². The van der Waals surface area contributed by atoms with Gasteiger partial charge in [-0.3, -0.25) is 4.79 Å². The second kappa shape index (κ2) is 7.20. The molecule has 4 N–H and O–H groups in total. The Balaban J connectivity index is 2.82. The molecule has 0 radical (unpaired) electrons. The molecule has 0 aliphatic carbocycles. The number of guanidine groups is 1. The predicted molar refractivity (Wildman–Crippen MR) is 93.2 cm³/mol. The van der Waals surface area contributed by atoms with Gasteiger partial charge in [-0.15, -0.1) is 0 Å². The van der Waals surface area contributed by atoms with Gasteiger partial charge in [0.05, 0.1) is 20.4 Å². The fourth-order valence-electron chi connectivity index (χ4n) is 2.31. The van der Waals surface area contributed by atoms with Crippen LogP contribution in [-0.4, -0.2) is 20.3 Å². The Bertz CT molecular complexity index is 1050. The molecule has 144 valence electrons. The third kappa shape index (κ3) is 4.22. The maximum Gasteiger partial charge on any atom is 0.417 e. The summed E-state index contributed by atoms with van der Waals surface area (Å²) in [5.74, 6) is -1.76. The van der Waals surface area contributed by atoms with E-state index in [0.717, 1.165) is 12.1 Å². The molecule has 6 nitrogen and oxygen atoms in total. The summed E-state index contributed by atoms with van der Waals surface area (Å²) in [5.41, 5.74) is 8.09. The molecule has 0 aliphatic rings. The number of sulfone groups is 1. The van der Waals surface area contributed by atoms with E-state index in [2.05, 4.69) is 4.99 Å². The van der Waals surface area contributed by atoms with E-state index in [1.54, 1.807) is 0 Å². The van der Waals surface area contributed by atoms with Crippen molar-refractivity contribution in [2.45, 2.75) is 22.9 Å². The Morgan fingerprint density at radius 3 is 2.22 bits per heavy atom. The molecule has 0 bridgehead atoms. The first kappa shape index (κ1) is 20.7. The number of hydrogen-bond acceptors (Lipinski definition) is 3. The monoisotopic (exact) mass is 419 g/mol. The maximum atomic E-state index is 13.5. The van der Waals surface area contributed by atoms with Crippen LogP contribution in [0.1, 0.15) is 21.5 Å². The van der Waals surface area contributed by atoms with E-state index < -0.39 is 48.8 Å². The van der Waals surface area contributed by atoms with E-state index in [0.29, 0.717) is 6.07 Å². The highest BCUT2D eigenvalue weighted by Gasteiger charge is 2.39. The number of aryl methyl sites for hydroxylation is 1. The molecule has 1 amide bonds. The number of carbonyl (C=O) groups excluding carboxylic acids is 1. The molecule has 2 aromatic rings. The van der Waals surface area contributed by atoms with Crippen molar-refractivity contribution in [2.24, 2.45) is 16.5 Å². The molecule has 0 unspecified atom stereocenters. The summed E-state index contributed by atoms with van der Waals surface area (Å²) in [5, 5.41) is -0.232. The molecular weight excluding hydrogens is 407 g/mol. The molecule has 0 saturated carbocycles. The Hall–Kier alpha value is -2.59. The molecular formula is C16H13ClF3N3O3S. The van der Waals surface area contributed by atoms with Crippen molar-refractivity contribution in [3.8, 4) is 0 Å². The first-order chi connectivity index (χ1) is 12.4. The fourth-order valence-corrected chi connectivity index (χ4v) is 4.37. The smallest absolute Gasteiger partial charge is 0.370 e. The quantitative estimate of drug-likeness (QED) is 0.586. The fraction of sp³-hybridized carbons (Fsp3) is 0.125. The van der Waals surface area contributed by atoms with E-state index >= 15 is 0 Å². The third-order valence-electron chi connectivity index (χ3n) is 3.51. The van der Waals surface area contributed by atoms with Crippen LogP contribution in [0, 0.1) is 6.92 Å². The lowest BCUT2D eigenvalue weighted by atomic mass is 10.0. The predicted octanol–water partition coefficient (Wildman–Crippen LogP) is 2.91. The number of amides is 1. The van der Waals surface area contributed by atoms with Crippen LogP contribution in [0.25, 0.3) is 0 Å². The molecule has 11 heteroatoms. The normalized spacial score (nSPS) is 11.9. The number of carbonyl (C=O) groups is 1. The Morgan fingerprint density at radius 1 is 1.11 bits per heavy atom. The number of rotatable bonds is 3. The second-order valence-corrected chi connectivity index (χ2v) is 7.73. The number of aliphatic imine (C=N–C) groups is 1. The minimum atomic E-state index is -5.07. The summed E-state index contributed by atoms with van der Waals surface area (Å²) in [4.78, 5) is 13.6. The lowest BCUT2D eigenvalue weighted by Crippen LogP contribution is -2.24. The van der Waals surface area contributed by atoms with Crippen LogP contribution in [0.5, 0.6) is 0 Å². The summed E-state index contributed by atoms with van der Waals surface area (Å²) in [7, 11) is -4.62. The number of nitrogens with two attached hydrogens (primary N) is 2. The van der Waals surface area contributed by atoms with E-state index in [4.69, 9.17) is 23.1 Å². The van der Waals surface area contributed by atoms with Crippen LogP contribution < -0.4 is 11.5 Å². The maximum absolute atomic E-state index is 13.5. The SMILES string of the molecule is Cc1cc(S(=O)(=O)c2ccccc2Cl)c(C(F)(F)F)cc1C(=O)N=C(N)N. The van der Waals surface area contributed by atoms with Crippen molar-refractivity contribution in [1.82, 2.24) is 0 Å². The Labute approximate surface area is 157 Å². The van der Waals surface area contributed by atoms with E-state index in [-0.39, 0.29) is 10.6 Å². The minimum absolute atomic E-state index is 0.0522. The number of alkyl halides is 3. The van der Waals surface area contributed by atoms with Crippen molar-refractivity contribution in [3.05, 3.63) is 58.1 Å². The topological polar surface area (TPSA) is 116 Å². The summed E-state index contributed by atoms with van der Waals surface area (Å²) in [6.07, 6.45) is -5.07. The largest absolute Gasteiger partial charge is 0.417 e. The van der Waals surface area contributed by atoms with E-state index in [9.17, 15) is 26.4 Å². The van der Waals surface area contributed by atoms with Gasteiger partial charge in [0.2, 0.25) is 9.84 Å².